The lowest BCUT2D eigenvalue weighted by molar-refractivity contribution is 1.13. The first-order chi connectivity index (χ1) is 9.70. The van der Waals surface area contributed by atoms with Gasteiger partial charge in [0.2, 0.25) is 0 Å². The van der Waals surface area contributed by atoms with Crippen molar-refractivity contribution in [2.45, 2.75) is 6.42 Å². The highest BCUT2D eigenvalue weighted by Crippen LogP contribution is 2.19. The number of allylic oxidation sites excluding steroid dienone is 1. The van der Waals surface area contributed by atoms with Crippen molar-refractivity contribution in [3.8, 4) is 0 Å². The number of aliphatic imine (C=N–C) groups is 1. The van der Waals surface area contributed by atoms with Crippen LogP contribution in [-0.2, 0) is 6.42 Å². The molecule has 0 saturated heterocycles. The van der Waals surface area contributed by atoms with Crippen LogP contribution in [0.3, 0.4) is 0 Å². The molecular weight excluding hydrogens is 244 g/mol. The first-order valence-electron chi connectivity index (χ1n) is 6.71. The van der Waals surface area contributed by atoms with E-state index >= 15 is 0 Å². The van der Waals surface area contributed by atoms with Crippen LogP contribution >= 0.6 is 0 Å². The Morgan fingerprint density at radius 1 is 1.05 bits per heavy atom. The maximum absolute atomic E-state index is 4.58. The van der Waals surface area contributed by atoms with Crippen molar-refractivity contribution in [2.75, 3.05) is 19.0 Å². The van der Waals surface area contributed by atoms with Crippen LogP contribution in [0.4, 0.5) is 11.4 Å². The number of hydrogen-bond acceptors (Lipinski definition) is 2. The van der Waals surface area contributed by atoms with E-state index in [9.17, 15) is 0 Å². The zero-order valence-corrected chi connectivity index (χ0v) is 12.1. The molecule has 0 aromatic heterocycles. The number of rotatable bonds is 5. The van der Waals surface area contributed by atoms with Crippen LogP contribution in [0.2, 0.25) is 0 Å². The maximum atomic E-state index is 4.58. The van der Waals surface area contributed by atoms with Crippen molar-refractivity contribution in [1.29, 1.82) is 0 Å². The number of anilines is 1. The second kappa shape index (κ2) is 6.71. The summed E-state index contributed by atoms with van der Waals surface area (Å²) in [5, 5.41) is 0. The predicted molar refractivity (Wildman–Crippen MR) is 88.4 cm³/mol. The minimum Gasteiger partial charge on any atom is -0.378 e. The molecular formula is C18H20N2. The summed E-state index contributed by atoms with van der Waals surface area (Å²) in [6.45, 7) is 3.79. The lowest BCUT2D eigenvalue weighted by Crippen LogP contribution is -2.08. The Hall–Kier alpha value is -2.35. The number of benzene rings is 2. The third-order valence-electron chi connectivity index (χ3n) is 3.12. The molecule has 0 heterocycles. The Morgan fingerprint density at radius 2 is 1.75 bits per heavy atom. The predicted octanol–water partition coefficient (Wildman–Crippen LogP) is 4.23. The summed E-state index contributed by atoms with van der Waals surface area (Å²) in [6, 6.07) is 16.5. The van der Waals surface area contributed by atoms with E-state index in [2.05, 4.69) is 46.8 Å². The molecule has 0 aliphatic heterocycles. The molecule has 0 aliphatic carbocycles. The van der Waals surface area contributed by atoms with Crippen molar-refractivity contribution < 1.29 is 0 Å². The van der Waals surface area contributed by atoms with Crippen molar-refractivity contribution >= 4 is 17.6 Å². The van der Waals surface area contributed by atoms with Crippen LogP contribution in [0.1, 0.15) is 11.1 Å². The lowest BCUT2D eigenvalue weighted by atomic mass is 10.1. The summed E-state index contributed by atoms with van der Waals surface area (Å²) in [5.41, 5.74) is 4.49. The van der Waals surface area contributed by atoms with E-state index < -0.39 is 0 Å². The largest absolute Gasteiger partial charge is 0.378 e. The monoisotopic (exact) mass is 264 g/mol. The third kappa shape index (κ3) is 3.58. The van der Waals surface area contributed by atoms with Gasteiger partial charge in [0.05, 0.1) is 5.69 Å². The fourth-order valence-electron chi connectivity index (χ4n) is 1.97. The molecule has 2 aromatic rings. The lowest BCUT2D eigenvalue weighted by Gasteiger charge is -2.11. The van der Waals surface area contributed by atoms with Crippen LogP contribution in [0.25, 0.3) is 0 Å². The van der Waals surface area contributed by atoms with E-state index in [-0.39, 0.29) is 0 Å². The van der Waals surface area contributed by atoms with E-state index in [1.165, 1.54) is 11.3 Å². The minimum atomic E-state index is 0.840. The highest BCUT2D eigenvalue weighted by molar-refractivity contribution is 5.83. The minimum absolute atomic E-state index is 0.840. The van der Waals surface area contributed by atoms with Gasteiger partial charge in [-0.25, -0.2) is 0 Å². The van der Waals surface area contributed by atoms with Gasteiger partial charge in [-0.3, -0.25) is 4.99 Å². The second-order valence-electron chi connectivity index (χ2n) is 4.87. The summed E-state index contributed by atoms with van der Waals surface area (Å²) in [4.78, 5) is 6.67. The first-order valence-corrected chi connectivity index (χ1v) is 6.71. The zero-order valence-electron chi connectivity index (χ0n) is 12.1. The molecule has 0 amide bonds. The number of nitrogens with zero attached hydrogens (tertiary/aromatic N) is 2. The van der Waals surface area contributed by atoms with Gasteiger partial charge in [-0.2, -0.15) is 0 Å². The smallest absolute Gasteiger partial charge is 0.0664 e. The van der Waals surface area contributed by atoms with Gasteiger partial charge in [-0.1, -0.05) is 36.4 Å². The molecule has 20 heavy (non-hydrogen) atoms. The SMILES string of the molecule is C=CCc1ccccc1N=Cc1ccc(N(C)C)cc1. The van der Waals surface area contributed by atoms with Crippen LogP contribution < -0.4 is 4.90 Å². The summed E-state index contributed by atoms with van der Waals surface area (Å²) >= 11 is 0. The van der Waals surface area contributed by atoms with E-state index in [1.54, 1.807) is 0 Å². The van der Waals surface area contributed by atoms with Crippen LogP contribution in [0, 0.1) is 0 Å². The van der Waals surface area contributed by atoms with E-state index in [0.29, 0.717) is 0 Å². The van der Waals surface area contributed by atoms with Crippen LogP contribution in [-0.4, -0.2) is 20.3 Å². The van der Waals surface area contributed by atoms with E-state index in [0.717, 1.165) is 17.7 Å². The molecule has 0 radical (unpaired) electrons. The average Bonchev–Trinajstić information content (AvgIpc) is 2.47. The van der Waals surface area contributed by atoms with Crippen LogP contribution in [0.5, 0.6) is 0 Å². The van der Waals surface area contributed by atoms with Gasteiger partial charge in [0.1, 0.15) is 0 Å². The van der Waals surface area contributed by atoms with Crippen LogP contribution in [0.15, 0.2) is 66.2 Å². The van der Waals surface area contributed by atoms with Gasteiger partial charge in [0.15, 0.2) is 0 Å². The highest BCUT2D eigenvalue weighted by Gasteiger charge is 1.98. The topological polar surface area (TPSA) is 15.6 Å². The molecule has 2 heteroatoms. The van der Waals surface area contributed by atoms with E-state index in [1.807, 2.05) is 44.6 Å². The first kappa shape index (κ1) is 14.1. The zero-order chi connectivity index (χ0) is 14.4. The van der Waals surface area contributed by atoms with E-state index in [4.69, 9.17) is 0 Å². The second-order valence-corrected chi connectivity index (χ2v) is 4.87. The van der Waals surface area contributed by atoms with Crippen molar-refractivity contribution in [3.63, 3.8) is 0 Å². The summed E-state index contributed by atoms with van der Waals surface area (Å²) in [6.07, 6.45) is 4.65. The molecule has 0 aliphatic rings. The van der Waals surface area contributed by atoms with Crippen molar-refractivity contribution in [1.82, 2.24) is 0 Å². The van der Waals surface area contributed by atoms with Crippen molar-refractivity contribution in [3.05, 3.63) is 72.3 Å². The van der Waals surface area contributed by atoms with Gasteiger partial charge in [0.25, 0.3) is 0 Å². The summed E-state index contributed by atoms with van der Waals surface area (Å²) < 4.78 is 0. The molecule has 2 nitrogen and oxygen atoms in total. The average molecular weight is 264 g/mol. The summed E-state index contributed by atoms with van der Waals surface area (Å²) in [7, 11) is 4.07. The number of hydrogen-bond donors (Lipinski definition) is 0. The maximum Gasteiger partial charge on any atom is 0.0664 e. The Bertz CT molecular complexity index is 595. The molecule has 0 N–H and O–H groups in total. The van der Waals surface area contributed by atoms with Gasteiger partial charge >= 0.3 is 0 Å². The van der Waals surface area contributed by atoms with Gasteiger partial charge < -0.3 is 4.90 Å². The van der Waals surface area contributed by atoms with Gasteiger partial charge in [-0.15, -0.1) is 6.58 Å². The van der Waals surface area contributed by atoms with Gasteiger partial charge in [0, 0.05) is 26.0 Å². The third-order valence-corrected chi connectivity index (χ3v) is 3.12. The molecule has 0 spiro atoms. The summed E-state index contributed by atoms with van der Waals surface area (Å²) in [5.74, 6) is 0. The Morgan fingerprint density at radius 3 is 2.40 bits per heavy atom. The molecule has 2 rings (SSSR count). The Kier molecular flexibility index (Phi) is 4.72. The molecule has 0 bridgehead atoms. The standard InChI is InChI=1S/C18H20N2/c1-4-7-16-8-5-6-9-18(16)19-14-15-10-12-17(13-11-15)20(2)3/h4-6,8-14H,1,7H2,2-3H3. The Labute approximate surface area is 121 Å². The fourth-order valence-corrected chi connectivity index (χ4v) is 1.97. The fraction of sp³-hybridized carbons (Fsp3) is 0.167. The highest BCUT2D eigenvalue weighted by atomic mass is 15.1. The number of para-hydroxylation sites is 1. The quantitative estimate of drug-likeness (QED) is 0.583. The molecule has 2 aromatic carbocycles. The molecule has 0 saturated carbocycles. The van der Waals surface area contributed by atoms with Crippen molar-refractivity contribution in [2.24, 2.45) is 4.99 Å². The molecule has 0 atom stereocenters. The van der Waals surface area contributed by atoms with Gasteiger partial charge in [-0.05, 0) is 35.7 Å². The molecule has 102 valence electrons. The normalized spacial score (nSPS) is 10.7. The Balaban J connectivity index is 2.18. The molecule has 0 fully saturated rings. The molecule has 0 unspecified atom stereocenters.